The largest absolute Gasteiger partial charge is 0.456 e. The highest BCUT2D eigenvalue weighted by Crippen LogP contribution is 2.57. The van der Waals surface area contributed by atoms with Gasteiger partial charge >= 0.3 is 11.9 Å². The predicted octanol–water partition coefficient (Wildman–Crippen LogP) is 4.99. The van der Waals surface area contributed by atoms with Gasteiger partial charge in [0.2, 0.25) is 0 Å². The van der Waals surface area contributed by atoms with Crippen molar-refractivity contribution in [2.75, 3.05) is 18.0 Å². The number of rotatable bonds is 3. The number of hydrogen-bond acceptors (Lipinski definition) is 7. The number of fused-ring (bicyclic) bond motifs is 6. The fraction of sp³-hybridized carbons (Fsp3) is 0.276. The van der Waals surface area contributed by atoms with E-state index in [9.17, 15) is 14.4 Å². The lowest BCUT2D eigenvalue weighted by molar-refractivity contribution is -0.131. The van der Waals surface area contributed by atoms with Gasteiger partial charge in [-0.05, 0) is 50.1 Å². The van der Waals surface area contributed by atoms with Gasteiger partial charge in [0.1, 0.15) is 23.0 Å². The number of hydrogen-bond donors (Lipinski definition) is 0. The van der Waals surface area contributed by atoms with Gasteiger partial charge in [0.05, 0.1) is 5.56 Å². The van der Waals surface area contributed by atoms with Crippen LogP contribution in [0.25, 0.3) is 0 Å². The minimum absolute atomic E-state index is 0.111. The van der Waals surface area contributed by atoms with Crippen molar-refractivity contribution < 1.29 is 28.6 Å². The Morgan fingerprint density at radius 2 is 1.61 bits per heavy atom. The molecule has 36 heavy (non-hydrogen) atoms. The van der Waals surface area contributed by atoms with Gasteiger partial charge in [-0.25, -0.2) is 4.79 Å². The quantitative estimate of drug-likeness (QED) is 0.384. The number of esters is 2. The van der Waals surface area contributed by atoms with E-state index in [1.165, 1.54) is 6.92 Å². The summed E-state index contributed by atoms with van der Waals surface area (Å²) >= 11 is 0. The van der Waals surface area contributed by atoms with E-state index >= 15 is 0 Å². The Balaban J connectivity index is 1.47. The van der Waals surface area contributed by atoms with Crippen LogP contribution in [0.2, 0.25) is 0 Å². The van der Waals surface area contributed by atoms with Crippen LogP contribution in [-0.4, -0.2) is 30.8 Å². The Morgan fingerprint density at radius 1 is 0.917 bits per heavy atom. The average Bonchev–Trinajstić information content (AvgIpc) is 3.16. The van der Waals surface area contributed by atoms with E-state index in [0.717, 1.165) is 42.7 Å². The number of piperidine rings is 1. The van der Waals surface area contributed by atoms with Crippen molar-refractivity contribution in [3.05, 3.63) is 82.9 Å². The molecule has 3 aliphatic rings. The summed E-state index contributed by atoms with van der Waals surface area (Å²) in [5.41, 5.74) is 2.45. The number of Topliss-reactive ketones (excluding diaryl/α,β-unsaturated/α-hetero) is 1. The van der Waals surface area contributed by atoms with Gasteiger partial charge in [0, 0.05) is 60.4 Å². The lowest BCUT2D eigenvalue weighted by atomic mass is 9.77. The molecule has 3 aliphatic heterocycles. The summed E-state index contributed by atoms with van der Waals surface area (Å²) in [7, 11) is 0. The molecule has 1 atom stereocenters. The van der Waals surface area contributed by atoms with E-state index in [1.807, 2.05) is 36.4 Å². The highest BCUT2D eigenvalue weighted by atomic mass is 16.6. The number of anilines is 1. The molecular formula is C29H25NO6. The van der Waals surface area contributed by atoms with Gasteiger partial charge in [-0.1, -0.05) is 18.2 Å². The number of carbonyl (C=O) groups excluding carboxylic acids is 3. The molecule has 0 N–H and O–H groups in total. The summed E-state index contributed by atoms with van der Waals surface area (Å²) in [5, 5.41) is 0. The topological polar surface area (TPSA) is 82.1 Å². The molecule has 0 bridgehead atoms. The molecule has 0 saturated carbocycles. The Kier molecular flexibility index (Phi) is 5.10. The zero-order valence-corrected chi connectivity index (χ0v) is 20.1. The summed E-state index contributed by atoms with van der Waals surface area (Å²) in [6.45, 7) is 4.56. The third kappa shape index (κ3) is 3.38. The molecule has 182 valence electrons. The first-order valence-corrected chi connectivity index (χ1v) is 12.1. The van der Waals surface area contributed by atoms with E-state index in [1.54, 1.807) is 31.2 Å². The molecule has 1 spiro atoms. The lowest BCUT2D eigenvalue weighted by Crippen LogP contribution is -2.36. The number of ketones is 1. The Morgan fingerprint density at radius 3 is 2.33 bits per heavy atom. The molecule has 7 heteroatoms. The zero-order chi connectivity index (χ0) is 25.0. The van der Waals surface area contributed by atoms with Crippen LogP contribution in [0.1, 0.15) is 53.7 Å². The number of benzene rings is 3. The van der Waals surface area contributed by atoms with Gasteiger partial charge in [0.15, 0.2) is 5.60 Å². The van der Waals surface area contributed by atoms with Crippen LogP contribution in [0.3, 0.4) is 0 Å². The summed E-state index contributed by atoms with van der Waals surface area (Å²) in [6.07, 6.45) is 1.63. The first-order valence-electron chi connectivity index (χ1n) is 12.1. The molecular weight excluding hydrogens is 458 g/mol. The second-order valence-corrected chi connectivity index (χ2v) is 9.52. The standard InChI is InChI=1S/C29H25NO6/c1-17(31)19-11-13-30(14-12-19)20-7-9-24-26(15-20)35-27-16-21(34-18(2)32)8-10-25(27)29(24)23-6-4-3-5-22(23)28(33)36-29/h3-10,15-16,19H,11-14H2,1-2H3. The van der Waals surface area contributed by atoms with Crippen molar-refractivity contribution in [3.63, 3.8) is 0 Å². The van der Waals surface area contributed by atoms with Crippen molar-refractivity contribution in [2.24, 2.45) is 5.92 Å². The van der Waals surface area contributed by atoms with E-state index in [-0.39, 0.29) is 11.7 Å². The van der Waals surface area contributed by atoms with Gasteiger partial charge < -0.3 is 19.1 Å². The van der Waals surface area contributed by atoms with Crippen molar-refractivity contribution in [3.8, 4) is 17.2 Å². The molecule has 7 nitrogen and oxygen atoms in total. The smallest absolute Gasteiger partial charge is 0.340 e. The average molecular weight is 484 g/mol. The van der Waals surface area contributed by atoms with Gasteiger partial charge in [-0.2, -0.15) is 0 Å². The van der Waals surface area contributed by atoms with Crippen LogP contribution < -0.4 is 14.4 Å². The van der Waals surface area contributed by atoms with Gasteiger partial charge in [-0.15, -0.1) is 0 Å². The van der Waals surface area contributed by atoms with E-state index < -0.39 is 17.5 Å². The Hall–Kier alpha value is -4.13. The van der Waals surface area contributed by atoms with E-state index in [0.29, 0.717) is 28.4 Å². The van der Waals surface area contributed by atoms with Gasteiger partial charge in [0.25, 0.3) is 0 Å². The van der Waals surface area contributed by atoms with Crippen LogP contribution >= 0.6 is 0 Å². The molecule has 1 saturated heterocycles. The second-order valence-electron chi connectivity index (χ2n) is 9.52. The van der Waals surface area contributed by atoms with E-state index in [4.69, 9.17) is 14.2 Å². The maximum Gasteiger partial charge on any atom is 0.340 e. The monoisotopic (exact) mass is 483 g/mol. The first kappa shape index (κ1) is 22.3. The molecule has 0 aromatic heterocycles. The molecule has 1 unspecified atom stereocenters. The number of ether oxygens (including phenoxy) is 3. The third-order valence-electron chi connectivity index (χ3n) is 7.37. The third-order valence-corrected chi connectivity index (χ3v) is 7.37. The maximum absolute atomic E-state index is 13.0. The SMILES string of the molecule is CC(=O)Oc1ccc2c(c1)Oc1cc(N3CCC(C(C)=O)CC3)ccc1C21OC(=O)c2ccccc21. The lowest BCUT2D eigenvalue weighted by Gasteiger charge is -2.38. The van der Waals surface area contributed by atoms with E-state index in [2.05, 4.69) is 4.90 Å². The van der Waals surface area contributed by atoms with Gasteiger partial charge in [-0.3, -0.25) is 9.59 Å². The summed E-state index contributed by atoms with van der Waals surface area (Å²) in [6, 6.07) is 18.4. The first-order chi connectivity index (χ1) is 17.4. The normalized spacial score (nSPS) is 20.2. The molecule has 3 aromatic rings. The summed E-state index contributed by atoms with van der Waals surface area (Å²) in [5.74, 6) is 0.890. The highest BCUT2D eigenvalue weighted by molar-refractivity contribution is 5.97. The second kappa shape index (κ2) is 8.22. The summed E-state index contributed by atoms with van der Waals surface area (Å²) in [4.78, 5) is 38.6. The summed E-state index contributed by atoms with van der Waals surface area (Å²) < 4.78 is 17.8. The molecule has 0 aliphatic carbocycles. The maximum atomic E-state index is 13.0. The molecule has 1 fully saturated rings. The van der Waals surface area contributed by atoms with Crippen LogP contribution in [0, 0.1) is 5.92 Å². The van der Waals surface area contributed by atoms with Crippen LogP contribution in [0.15, 0.2) is 60.7 Å². The van der Waals surface area contributed by atoms with Crippen molar-refractivity contribution in [1.82, 2.24) is 0 Å². The predicted molar refractivity (Wildman–Crippen MR) is 132 cm³/mol. The molecule has 3 heterocycles. The molecule has 6 rings (SSSR count). The van der Waals surface area contributed by atoms with Crippen LogP contribution in [0.4, 0.5) is 5.69 Å². The Labute approximate surface area is 208 Å². The van der Waals surface area contributed by atoms with Crippen LogP contribution in [0.5, 0.6) is 17.2 Å². The molecule has 3 aromatic carbocycles. The number of nitrogens with zero attached hydrogens (tertiary/aromatic N) is 1. The number of carbonyl (C=O) groups is 3. The van der Waals surface area contributed by atoms with Crippen molar-refractivity contribution in [1.29, 1.82) is 0 Å². The highest BCUT2D eigenvalue weighted by Gasteiger charge is 2.53. The fourth-order valence-electron chi connectivity index (χ4n) is 5.62. The molecule has 0 amide bonds. The van der Waals surface area contributed by atoms with Crippen LogP contribution in [-0.2, 0) is 19.9 Å². The minimum Gasteiger partial charge on any atom is -0.456 e. The zero-order valence-electron chi connectivity index (χ0n) is 20.1. The van der Waals surface area contributed by atoms with Crippen molar-refractivity contribution >= 4 is 23.4 Å². The minimum atomic E-state index is -1.18. The Bertz CT molecular complexity index is 1420. The van der Waals surface area contributed by atoms with Crippen molar-refractivity contribution in [2.45, 2.75) is 32.3 Å². The molecule has 0 radical (unpaired) electrons. The fourth-order valence-corrected chi connectivity index (χ4v) is 5.62.